The fourth-order valence-corrected chi connectivity index (χ4v) is 4.24. The number of benzene rings is 2. The Morgan fingerprint density at radius 3 is 2.30 bits per heavy atom. The van der Waals surface area contributed by atoms with Crippen LogP contribution >= 0.6 is 0 Å². The number of hydrogen-bond acceptors (Lipinski definition) is 4. The van der Waals surface area contributed by atoms with Crippen LogP contribution in [0.4, 0.5) is 5.69 Å². The summed E-state index contributed by atoms with van der Waals surface area (Å²) in [5.74, 6) is 0.945. The van der Waals surface area contributed by atoms with Crippen molar-refractivity contribution in [3.05, 3.63) is 48.0 Å². The standard InChI is InChI=1S/C26H38N2O2/c1-5-8-18-30-25(6-2)24-20-22(28-16-14-27(7-3)15-17-28)19-23(26(24)29-4)21-12-10-9-11-13-21/h9-13,19-20,25H,5-8,14-18H2,1-4H3. The molecule has 0 amide bonds. The van der Waals surface area contributed by atoms with Crippen molar-refractivity contribution >= 4 is 5.69 Å². The third-order valence-corrected chi connectivity index (χ3v) is 6.11. The second-order valence-corrected chi connectivity index (χ2v) is 8.02. The summed E-state index contributed by atoms with van der Waals surface area (Å²) in [7, 11) is 1.78. The van der Waals surface area contributed by atoms with Gasteiger partial charge in [-0.05, 0) is 37.1 Å². The summed E-state index contributed by atoms with van der Waals surface area (Å²) in [5, 5.41) is 0. The van der Waals surface area contributed by atoms with Crippen molar-refractivity contribution in [2.45, 2.75) is 46.1 Å². The molecule has 164 valence electrons. The minimum absolute atomic E-state index is 0.0471. The summed E-state index contributed by atoms with van der Waals surface area (Å²) in [6, 6.07) is 15.2. The van der Waals surface area contributed by atoms with E-state index in [0.717, 1.165) is 69.9 Å². The number of methoxy groups -OCH3 is 1. The Morgan fingerprint density at radius 1 is 0.967 bits per heavy atom. The van der Waals surface area contributed by atoms with Gasteiger partial charge >= 0.3 is 0 Å². The number of piperazine rings is 1. The van der Waals surface area contributed by atoms with Gasteiger partial charge in [-0.3, -0.25) is 0 Å². The van der Waals surface area contributed by atoms with Crippen LogP contribution in [0.25, 0.3) is 11.1 Å². The summed E-state index contributed by atoms with van der Waals surface area (Å²) >= 11 is 0. The van der Waals surface area contributed by atoms with Gasteiger partial charge in [0.15, 0.2) is 0 Å². The Balaban J connectivity index is 2.02. The molecule has 1 heterocycles. The average molecular weight is 411 g/mol. The fraction of sp³-hybridized carbons (Fsp3) is 0.538. The first-order valence-electron chi connectivity index (χ1n) is 11.6. The maximum Gasteiger partial charge on any atom is 0.132 e. The van der Waals surface area contributed by atoms with Gasteiger partial charge in [-0.1, -0.05) is 57.5 Å². The largest absolute Gasteiger partial charge is 0.496 e. The Morgan fingerprint density at radius 2 is 1.70 bits per heavy atom. The van der Waals surface area contributed by atoms with Crippen LogP contribution in [0, 0.1) is 0 Å². The van der Waals surface area contributed by atoms with E-state index in [1.807, 2.05) is 0 Å². The molecule has 1 saturated heterocycles. The van der Waals surface area contributed by atoms with Crippen LogP contribution in [0.15, 0.2) is 42.5 Å². The van der Waals surface area contributed by atoms with Gasteiger partial charge in [-0.15, -0.1) is 0 Å². The van der Waals surface area contributed by atoms with Gasteiger partial charge in [-0.2, -0.15) is 0 Å². The van der Waals surface area contributed by atoms with Crippen LogP contribution in [0.5, 0.6) is 5.75 Å². The highest BCUT2D eigenvalue weighted by molar-refractivity contribution is 5.77. The van der Waals surface area contributed by atoms with Crippen LogP contribution in [0.1, 0.15) is 51.7 Å². The topological polar surface area (TPSA) is 24.9 Å². The molecule has 0 N–H and O–H groups in total. The third-order valence-electron chi connectivity index (χ3n) is 6.11. The highest BCUT2D eigenvalue weighted by Crippen LogP contribution is 2.42. The lowest BCUT2D eigenvalue weighted by Gasteiger charge is -2.36. The van der Waals surface area contributed by atoms with E-state index in [1.165, 1.54) is 16.8 Å². The molecule has 1 unspecified atom stereocenters. The Labute approximate surface area is 182 Å². The summed E-state index contributed by atoms with van der Waals surface area (Å²) in [6.07, 6.45) is 3.21. The van der Waals surface area contributed by atoms with Crippen LogP contribution in [0.2, 0.25) is 0 Å². The first kappa shape index (κ1) is 22.6. The van der Waals surface area contributed by atoms with E-state index in [9.17, 15) is 0 Å². The van der Waals surface area contributed by atoms with Crippen molar-refractivity contribution in [2.24, 2.45) is 0 Å². The van der Waals surface area contributed by atoms with Crippen molar-refractivity contribution < 1.29 is 9.47 Å². The van der Waals surface area contributed by atoms with Gasteiger partial charge in [-0.25, -0.2) is 0 Å². The van der Waals surface area contributed by atoms with E-state index in [2.05, 4.69) is 73.0 Å². The lowest BCUT2D eigenvalue weighted by atomic mass is 9.96. The molecule has 0 radical (unpaired) electrons. The van der Waals surface area contributed by atoms with Crippen LogP contribution < -0.4 is 9.64 Å². The third kappa shape index (κ3) is 5.35. The Hall–Kier alpha value is -2.04. The van der Waals surface area contributed by atoms with E-state index >= 15 is 0 Å². The zero-order valence-electron chi connectivity index (χ0n) is 19.2. The molecule has 4 heteroatoms. The van der Waals surface area contributed by atoms with Crippen molar-refractivity contribution in [1.29, 1.82) is 0 Å². The minimum atomic E-state index is 0.0471. The van der Waals surface area contributed by atoms with E-state index in [1.54, 1.807) is 7.11 Å². The summed E-state index contributed by atoms with van der Waals surface area (Å²) < 4.78 is 12.3. The van der Waals surface area contributed by atoms with Crippen molar-refractivity contribution in [1.82, 2.24) is 4.90 Å². The molecule has 30 heavy (non-hydrogen) atoms. The maximum absolute atomic E-state index is 6.32. The minimum Gasteiger partial charge on any atom is -0.496 e. The Bertz CT molecular complexity index is 770. The molecule has 3 rings (SSSR count). The van der Waals surface area contributed by atoms with Crippen LogP contribution in [0.3, 0.4) is 0 Å². The number of hydrogen-bond donors (Lipinski definition) is 0. The van der Waals surface area contributed by atoms with Crippen LogP contribution in [-0.2, 0) is 4.74 Å². The number of nitrogens with zero attached hydrogens (tertiary/aromatic N) is 2. The van der Waals surface area contributed by atoms with E-state index in [4.69, 9.17) is 9.47 Å². The number of rotatable bonds is 10. The van der Waals surface area contributed by atoms with E-state index in [-0.39, 0.29) is 6.10 Å². The predicted octanol–water partition coefficient (Wildman–Crippen LogP) is 5.77. The second-order valence-electron chi connectivity index (χ2n) is 8.02. The maximum atomic E-state index is 6.32. The molecule has 0 spiro atoms. The number of unbranched alkanes of at least 4 members (excludes halogenated alkanes) is 1. The monoisotopic (exact) mass is 410 g/mol. The van der Waals surface area contributed by atoms with Crippen molar-refractivity contribution in [2.75, 3.05) is 51.3 Å². The molecule has 0 aromatic heterocycles. The molecule has 0 bridgehead atoms. The molecule has 2 aromatic carbocycles. The van der Waals surface area contributed by atoms with Gasteiger partial charge in [0, 0.05) is 49.6 Å². The molecule has 4 nitrogen and oxygen atoms in total. The SMILES string of the molecule is CCCCOC(CC)c1cc(N2CCN(CC)CC2)cc(-c2ccccc2)c1OC. The lowest BCUT2D eigenvalue weighted by molar-refractivity contribution is 0.0465. The van der Waals surface area contributed by atoms with E-state index < -0.39 is 0 Å². The zero-order valence-corrected chi connectivity index (χ0v) is 19.2. The summed E-state index contributed by atoms with van der Waals surface area (Å²) in [4.78, 5) is 5.03. The van der Waals surface area contributed by atoms with Gasteiger partial charge in [0.05, 0.1) is 13.2 Å². The van der Waals surface area contributed by atoms with Gasteiger partial charge in [0.25, 0.3) is 0 Å². The van der Waals surface area contributed by atoms with Crippen LogP contribution in [-0.4, -0.2) is 51.3 Å². The highest BCUT2D eigenvalue weighted by Gasteiger charge is 2.23. The molecule has 2 aromatic rings. The predicted molar refractivity (Wildman–Crippen MR) is 127 cm³/mol. The molecule has 0 aliphatic carbocycles. The number of ether oxygens (including phenoxy) is 2. The number of anilines is 1. The first-order valence-corrected chi connectivity index (χ1v) is 11.6. The quantitative estimate of drug-likeness (QED) is 0.464. The smallest absolute Gasteiger partial charge is 0.132 e. The highest BCUT2D eigenvalue weighted by atomic mass is 16.5. The van der Waals surface area contributed by atoms with Crippen molar-refractivity contribution in [3.63, 3.8) is 0 Å². The summed E-state index contributed by atoms with van der Waals surface area (Å²) in [5.41, 5.74) is 4.79. The van der Waals surface area contributed by atoms with Gasteiger partial charge < -0.3 is 19.3 Å². The molecule has 1 aliphatic heterocycles. The molecular formula is C26H38N2O2. The zero-order chi connectivity index (χ0) is 21.3. The first-order chi connectivity index (χ1) is 14.7. The normalized spacial score (nSPS) is 15.9. The van der Waals surface area contributed by atoms with Gasteiger partial charge in [0.2, 0.25) is 0 Å². The average Bonchev–Trinajstić information content (AvgIpc) is 2.81. The lowest BCUT2D eigenvalue weighted by Crippen LogP contribution is -2.46. The molecule has 1 atom stereocenters. The second kappa shape index (κ2) is 11.4. The van der Waals surface area contributed by atoms with Gasteiger partial charge in [0.1, 0.15) is 5.75 Å². The van der Waals surface area contributed by atoms with E-state index in [0.29, 0.717) is 0 Å². The summed E-state index contributed by atoms with van der Waals surface area (Å²) in [6.45, 7) is 12.9. The molecule has 1 aliphatic rings. The van der Waals surface area contributed by atoms with Crippen molar-refractivity contribution in [3.8, 4) is 16.9 Å². The Kier molecular flexibility index (Phi) is 8.59. The molecular weight excluding hydrogens is 372 g/mol. The number of likely N-dealkylation sites (N-methyl/N-ethyl adjacent to an activating group) is 1. The molecule has 0 saturated carbocycles. The fourth-order valence-electron chi connectivity index (χ4n) is 4.24. The molecule has 1 fully saturated rings.